The van der Waals surface area contributed by atoms with Crippen LogP contribution in [0.25, 0.3) is 0 Å². The number of hydrogen-bond acceptors (Lipinski definition) is 5. The third-order valence-corrected chi connectivity index (χ3v) is 4.58. The van der Waals surface area contributed by atoms with Crippen molar-refractivity contribution >= 4 is 23.2 Å². The van der Waals surface area contributed by atoms with Crippen LogP contribution in [-0.4, -0.2) is 52.7 Å². The summed E-state index contributed by atoms with van der Waals surface area (Å²) in [5.74, 6) is -0.169. The summed E-state index contributed by atoms with van der Waals surface area (Å²) < 4.78 is 0. The first kappa shape index (κ1) is 18.4. The molecule has 0 aromatic heterocycles. The lowest BCUT2D eigenvalue weighted by Crippen LogP contribution is -2.51. The van der Waals surface area contributed by atoms with E-state index in [1.54, 1.807) is 21.9 Å². The highest BCUT2D eigenvalue weighted by molar-refractivity contribution is 5.94. The fraction of sp³-hybridized carbons (Fsp3) is 0.263. The Morgan fingerprint density at radius 2 is 1.48 bits per heavy atom. The van der Waals surface area contributed by atoms with E-state index in [2.05, 4.69) is 0 Å². The maximum absolute atomic E-state index is 12.5. The van der Waals surface area contributed by atoms with Gasteiger partial charge in [-0.15, -0.1) is 0 Å². The number of hydrogen-bond donors (Lipinski definition) is 1. The Morgan fingerprint density at radius 3 is 2.04 bits per heavy atom. The van der Waals surface area contributed by atoms with Crippen LogP contribution in [0.2, 0.25) is 0 Å². The van der Waals surface area contributed by atoms with E-state index in [0.717, 1.165) is 5.56 Å². The van der Waals surface area contributed by atoms with Crippen molar-refractivity contribution in [3.05, 3.63) is 69.8 Å². The molecule has 2 aromatic carbocycles. The fourth-order valence-corrected chi connectivity index (χ4v) is 2.99. The molecule has 0 atom stereocenters. The van der Waals surface area contributed by atoms with E-state index in [0.29, 0.717) is 43.9 Å². The van der Waals surface area contributed by atoms with Crippen LogP contribution >= 0.6 is 0 Å². The van der Waals surface area contributed by atoms with Crippen molar-refractivity contribution in [2.45, 2.75) is 6.42 Å². The minimum Gasteiger partial charge on any atom is -0.399 e. The molecule has 8 nitrogen and oxygen atoms in total. The van der Waals surface area contributed by atoms with Gasteiger partial charge in [-0.05, 0) is 29.8 Å². The van der Waals surface area contributed by atoms with Gasteiger partial charge >= 0.3 is 0 Å². The quantitative estimate of drug-likeness (QED) is 0.502. The minimum atomic E-state index is -0.500. The first-order valence-corrected chi connectivity index (χ1v) is 8.60. The number of rotatable bonds is 4. The lowest BCUT2D eigenvalue weighted by Gasteiger charge is -2.35. The van der Waals surface area contributed by atoms with Crippen LogP contribution < -0.4 is 5.73 Å². The van der Waals surface area contributed by atoms with E-state index in [9.17, 15) is 19.7 Å². The Balaban J connectivity index is 1.54. The number of nitrogens with two attached hydrogens (primary N) is 1. The number of non-ortho nitro benzene ring substituents is 1. The Bertz CT molecular complexity index is 841. The van der Waals surface area contributed by atoms with Crippen molar-refractivity contribution in [2.75, 3.05) is 31.9 Å². The second-order valence-electron chi connectivity index (χ2n) is 6.40. The predicted molar refractivity (Wildman–Crippen MR) is 100 cm³/mol. The molecule has 1 fully saturated rings. The van der Waals surface area contributed by atoms with Gasteiger partial charge in [0.2, 0.25) is 5.91 Å². The molecule has 3 rings (SSSR count). The standard InChI is InChI=1S/C19H20N4O4/c20-16-5-1-14(2-6-16)13-18(24)21-9-11-22(12-10-21)19(25)15-3-7-17(8-4-15)23(26)27/h1-8H,9-13,20H2. The first-order chi connectivity index (χ1) is 12.9. The molecule has 0 bridgehead atoms. The van der Waals surface area contributed by atoms with Crippen LogP contribution in [0.15, 0.2) is 48.5 Å². The monoisotopic (exact) mass is 368 g/mol. The van der Waals surface area contributed by atoms with Crippen molar-refractivity contribution in [3.8, 4) is 0 Å². The molecule has 2 aromatic rings. The summed E-state index contributed by atoms with van der Waals surface area (Å²) in [5.41, 5.74) is 7.56. The second-order valence-corrected chi connectivity index (χ2v) is 6.40. The molecule has 2 amide bonds. The van der Waals surface area contributed by atoms with E-state index < -0.39 is 4.92 Å². The number of nitro benzene ring substituents is 1. The normalized spacial score (nSPS) is 14.1. The van der Waals surface area contributed by atoms with Gasteiger partial charge in [-0.3, -0.25) is 19.7 Å². The molecule has 0 radical (unpaired) electrons. The van der Waals surface area contributed by atoms with E-state index in [1.165, 1.54) is 24.3 Å². The fourth-order valence-electron chi connectivity index (χ4n) is 2.99. The van der Waals surface area contributed by atoms with E-state index in [4.69, 9.17) is 5.73 Å². The van der Waals surface area contributed by atoms with Gasteiger partial charge in [0.1, 0.15) is 0 Å². The summed E-state index contributed by atoms with van der Waals surface area (Å²) in [6, 6.07) is 12.8. The number of nitro groups is 1. The molecule has 2 N–H and O–H groups in total. The molecule has 140 valence electrons. The van der Waals surface area contributed by atoms with Gasteiger partial charge in [-0.25, -0.2) is 0 Å². The maximum atomic E-state index is 12.5. The highest BCUT2D eigenvalue weighted by atomic mass is 16.6. The van der Waals surface area contributed by atoms with Gasteiger partial charge in [0, 0.05) is 49.6 Å². The average Bonchev–Trinajstić information content (AvgIpc) is 2.69. The van der Waals surface area contributed by atoms with Crippen LogP contribution in [0.4, 0.5) is 11.4 Å². The van der Waals surface area contributed by atoms with Crippen LogP contribution in [0.1, 0.15) is 15.9 Å². The Kier molecular flexibility index (Phi) is 5.35. The Hall–Kier alpha value is -3.42. The molecule has 1 aliphatic heterocycles. The zero-order chi connectivity index (χ0) is 19.4. The van der Waals surface area contributed by atoms with Crippen molar-refractivity contribution in [1.82, 2.24) is 9.80 Å². The molecular weight excluding hydrogens is 348 g/mol. The molecule has 1 aliphatic rings. The predicted octanol–water partition coefficient (Wildman–Crippen LogP) is 1.70. The number of piperazine rings is 1. The molecular formula is C19H20N4O4. The topological polar surface area (TPSA) is 110 Å². The number of carbonyl (C=O) groups is 2. The summed E-state index contributed by atoms with van der Waals surface area (Å²) in [7, 11) is 0. The highest BCUT2D eigenvalue weighted by Gasteiger charge is 2.25. The summed E-state index contributed by atoms with van der Waals surface area (Å²) >= 11 is 0. The van der Waals surface area contributed by atoms with Gasteiger partial charge in [0.25, 0.3) is 11.6 Å². The molecule has 1 saturated heterocycles. The molecule has 27 heavy (non-hydrogen) atoms. The lowest BCUT2D eigenvalue weighted by molar-refractivity contribution is -0.384. The number of carbonyl (C=O) groups excluding carboxylic acids is 2. The minimum absolute atomic E-state index is 0.0159. The SMILES string of the molecule is Nc1ccc(CC(=O)N2CCN(C(=O)c3ccc([N+](=O)[O-])cc3)CC2)cc1. The molecule has 0 spiro atoms. The van der Waals surface area contributed by atoms with Crippen LogP contribution in [0.5, 0.6) is 0 Å². The van der Waals surface area contributed by atoms with Gasteiger partial charge in [-0.2, -0.15) is 0 Å². The number of nitrogen functional groups attached to an aromatic ring is 1. The van der Waals surface area contributed by atoms with Crippen LogP contribution in [-0.2, 0) is 11.2 Å². The highest BCUT2D eigenvalue weighted by Crippen LogP contribution is 2.15. The maximum Gasteiger partial charge on any atom is 0.269 e. The smallest absolute Gasteiger partial charge is 0.269 e. The number of amides is 2. The second kappa shape index (κ2) is 7.86. The number of nitrogens with zero attached hydrogens (tertiary/aromatic N) is 3. The third-order valence-electron chi connectivity index (χ3n) is 4.58. The van der Waals surface area contributed by atoms with Crippen molar-refractivity contribution in [1.29, 1.82) is 0 Å². The summed E-state index contributed by atoms with van der Waals surface area (Å²) in [6.07, 6.45) is 0.302. The van der Waals surface area contributed by atoms with Crippen LogP contribution in [0, 0.1) is 10.1 Å². The summed E-state index contributed by atoms with van der Waals surface area (Å²) in [4.78, 5) is 38.6. The Labute approximate surface area is 156 Å². The van der Waals surface area contributed by atoms with E-state index in [1.807, 2.05) is 12.1 Å². The van der Waals surface area contributed by atoms with Crippen molar-refractivity contribution < 1.29 is 14.5 Å². The molecule has 0 saturated carbocycles. The number of anilines is 1. The molecule has 0 unspecified atom stereocenters. The molecule has 1 heterocycles. The summed E-state index contributed by atoms with van der Waals surface area (Å²) in [6.45, 7) is 1.80. The van der Waals surface area contributed by atoms with Gasteiger partial charge in [0.15, 0.2) is 0 Å². The summed E-state index contributed by atoms with van der Waals surface area (Å²) in [5, 5.41) is 10.7. The zero-order valence-electron chi connectivity index (χ0n) is 14.7. The van der Waals surface area contributed by atoms with Gasteiger partial charge in [0.05, 0.1) is 11.3 Å². The van der Waals surface area contributed by atoms with E-state index >= 15 is 0 Å². The van der Waals surface area contributed by atoms with Crippen molar-refractivity contribution in [2.24, 2.45) is 0 Å². The largest absolute Gasteiger partial charge is 0.399 e. The van der Waals surface area contributed by atoms with Crippen molar-refractivity contribution in [3.63, 3.8) is 0 Å². The van der Waals surface area contributed by atoms with Crippen LogP contribution in [0.3, 0.4) is 0 Å². The number of benzene rings is 2. The van der Waals surface area contributed by atoms with E-state index in [-0.39, 0.29) is 17.5 Å². The lowest BCUT2D eigenvalue weighted by atomic mass is 10.1. The van der Waals surface area contributed by atoms with Gasteiger partial charge in [-0.1, -0.05) is 12.1 Å². The molecule has 8 heteroatoms. The first-order valence-electron chi connectivity index (χ1n) is 8.60. The molecule has 0 aliphatic carbocycles. The third kappa shape index (κ3) is 4.41. The average molecular weight is 368 g/mol. The van der Waals surface area contributed by atoms with Gasteiger partial charge < -0.3 is 15.5 Å². The Morgan fingerprint density at radius 1 is 0.926 bits per heavy atom. The zero-order valence-corrected chi connectivity index (χ0v) is 14.7.